The number of halogens is 1. The number of nitrogens with one attached hydrogen (secondary N) is 3. The number of rotatable bonds is 2. The third-order valence-electron chi connectivity index (χ3n) is 3.06. The van der Waals surface area contributed by atoms with Crippen molar-refractivity contribution in [2.75, 3.05) is 18.4 Å². The third kappa shape index (κ3) is 3.62. The van der Waals surface area contributed by atoms with Gasteiger partial charge in [0.05, 0.1) is 0 Å². The van der Waals surface area contributed by atoms with Crippen LogP contribution in [0.4, 0.5) is 10.5 Å². The van der Waals surface area contributed by atoms with Crippen LogP contribution in [0.5, 0.6) is 0 Å². The van der Waals surface area contributed by atoms with E-state index in [4.69, 9.17) is 11.6 Å². The summed E-state index contributed by atoms with van der Waals surface area (Å²) in [5, 5.41) is 9.66. The number of carbonyl (C=O) groups excluding carboxylic acids is 1. The maximum Gasteiger partial charge on any atom is 0.319 e. The van der Waals surface area contributed by atoms with E-state index in [1.165, 1.54) is 0 Å². The second kappa shape index (κ2) is 6.07. The Morgan fingerprint density at radius 3 is 3.00 bits per heavy atom. The molecule has 0 saturated carbocycles. The van der Waals surface area contributed by atoms with E-state index >= 15 is 0 Å². The van der Waals surface area contributed by atoms with Gasteiger partial charge in [0, 0.05) is 23.3 Å². The molecule has 0 aliphatic carbocycles. The molecule has 0 bridgehead atoms. The van der Waals surface area contributed by atoms with Crippen LogP contribution >= 0.6 is 11.6 Å². The molecule has 1 atom stereocenters. The highest BCUT2D eigenvalue weighted by Crippen LogP contribution is 2.19. The second-order valence-electron chi connectivity index (χ2n) is 4.61. The second-order valence-corrected chi connectivity index (χ2v) is 5.01. The van der Waals surface area contributed by atoms with Gasteiger partial charge in [0.2, 0.25) is 0 Å². The number of piperidine rings is 1. The zero-order chi connectivity index (χ0) is 13.0. The van der Waals surface area contributed by atoms with Crippen molar-refractivity contribution in [2.24, 2.45) is 0 Å². The Balaban J connectivity index is 1.88. The van der Waals surface area contributed by atoms with E-state index in [0.29, 0.717) is 10.7 Å². The molecule has 0 radical (unpaired) electrons. The lowest BCUT2D eigenvalue weighted by atomic mass is 10.1. The number of aryl methyl sites for hydroxylation is 1. The fourth-order valence-corrected chi connectivity index (χ4v) is 2.18. The van der Waals surface area contributed by atoms with Crippen molar-refractivity contribution in [3.63, 3.8) is 0 Å². The van der Waals surface area contributed by atoms with E-state index in [0.717, 1.165) is 31.5 Å². The Kier molecular flexibility index (Phi) is 4.44. The average molecular weight is 268 g/mol. The minimum atomic E-state index is -0.177. The van der Waals surface area contributed by atoms with E-state index in [1.54, 1.807) is 6.07 Å². The maximum atomic E-state index is 11.8. The van der Waals surface area contributed by atoms with Crippen molar-refractivity contribution in [3.05, 3.63) is 28.8 Å². The van der Waals surface area contributed by atoms with Crippen molar-refractivity contribution >= 4 is 23.3 Å². The van der Waals surface area contributed by atoms with Gasteiger partial charge in [-0.05, 0) is 44.0 Å². The maximum absolute atomic E-state index is 11.8. The molecule has 1 unspecified atom stereocenters. The van der Waals surface area contributed by atoms with Crippen molar-refractivity contribution in [1.29, 1.82) is 0 Å². The van der Waals surface area contributed by atoms with Gasteiger partial charge in [0.15, 0.2) is 0 Å². The smallest absolute Gasteiger partial charge is 0.319 e. The lowest BCUT2D eigenvalue weighted by Gasteiger charge is -2.23. The monoisotopic (exact) mass is 267 g/mol. The van der Waals surface area contributed by atoms with Crippen LogP contribution in [0, 0.1) is 6.92 Å². The van der Waals surface area contributed by atoms with Crippen LogP contribution in [0.1, 0.15) is 18.4 Å². The van der Waals surface area contributed by atoms with Crippen LogP contribution < -0.4 is 16.0 Å². The van der Waals surface area contributed by atoms with E-state index in [-0.39, 0.29) is 12.1 Å². The molecule has 18 heavy (non-hydrogen) atoms. The van der Waals surface area contributed by atoms with Gasteiger partial charge in [0.1, 0.15) is 0 Å². The number of hydrogen-bond donors (Lipinski definition) is 3. The molecular formula is C13H18ClN3O. The summed E-state index contributed by atoms with van der Waals surface area (Å²) in [6.07, 6.45) is 2.12. The molecule has 1 fully saturated rings. The van der Waals surface area contributed by atoms with Gasteiger partial charge in [0.25, 0.3) is 0 Å². The van der Waals surface area contributed by atoms with Crippen LogP contribution in [-0.4, -0.2) is 25.2 Å². The van der Waals surface area contributed by atoms with Gasteiger partial charge in [-0.3, -0.25) is 0 Å². The van der Waals surface area contributed by atoms with Crippen molar-refractivity contribution in [1.82, 2.24) is 10.6 Å². The zero-order valence-corrected chi connectivity index (χ0v) is 11.2. The molecule has 98 valence electrons. The van der Waals surface area contributed by atoms with Gasteiger partial charge in [-0.2, -0.15) is 0 Å². The summed E-state index contributed by atoms with van der Waals surface area (Å²) >= 11 is 6.01. The predicted molar refractivity (Wildman–Crippen MR) is 74.2 cm³/mol. The molecule has 0 aromatic heterocycles. The molecule has 1 aliphatic heterocycles. The van der Waals surface area contributed by atoms with E-state index < -0.39 is 0 Å². The molecule has 4 nitrogen and oxygen atoms in total. The Hall–Kier alpha value is -1.26. The first-order valence-corrected chi connectivity index (χ1v) is 6.57. The van der Waals surface area contributed by atoms with Crippen LogP contribution in [-0.2, 0) is 0 Å². The first-order valence-electron chi connectivity index (χ1n) is 6.19. The van der Waals surface area contributed by atoms with Crippen molar-refractivity contribution < 1.29 is 4.79 Å². The minimum absolute atomic E-state index is 0.177. The highest BCUT2D eigenvalue weighted by atomic mass is 35.5. The quantitative estimate of drug-likeness (QED) is 0.771. The summed E-state index contributed by atoms with van der Waals surface area (Å²) < 4.78 is 0. The summed E-state index contributed by atoms with van der Waals surface area (Å²) in [7, 11) is 0. The largest absolute Gasteiger partial charge is 0.334 e. The minimum Gasteiger partial charge on any atom is -0.334 e. The summed E-state index contributed by atoms with van der Waals surface area (Å²) in [6, 6.07) is 5.53. The Morgan fingerprint density at radius 1 is 1.50 bits per heavy atom. The summed E-state index contributed by atoms with van der Waals surface area (Å²) in [6.45, 7) is 3.80. The van der Waals surface area contributed by atoms with E-state index in [9.17, 15) is 4.79 Å². The number of benzene rings is 1. The molecule has 2 rings (SSSR count). The summed E-state index contributed by atoms with van der Waals surface area (Å²) in [5.74, 6) is 0. The molecular weight excluding hydrogens is 250 g/mol. The highest BCUT2D eigenvalue weighted by molar-refractivity contribution is 6.31. The predicted octanol–water partition coefficient (Wildman–Crippen LogP) is 2.52. The fraction of sp³-hybridized carbons (Fsp3) is 0.462. The molecule has 1 heterocycles. The summed E-state index contributed by atoms with van der Waals surface area (Å²) in [5.41, 5.74) is 1.71. The Bertz CT molecular complexity index is 430. The molecule has 1 saturated heterocycles. The van der Waals surface area contributed by atoms with Crippen molar-refractivity contribution in [2.45, 2.75) is 25.8 Å². The zero-order valence-electron chi connectivity index (χ0n) is 10.4. The SMILES string of the molecule is Cc1ccc(NC(=O)NC2CCCNC2)cc1Cl. The van der Waals surface area contributed by atoms with Gasteiger partial charge in [-0.1, -0.05) is 17.7 Å². The number of amides is 2. The van der Waals surface area contributed by atoms with E-state index in [1.807, 2.05) is 19.1 Å². The Labute approximate surface area is 112 Å². The van der Waals surface area contributed by atoms with E-state index in [2.05, 4.69) is 16.0 Å². The lowest BCUT2D eigenvalue weighted by Crippen LogP contribution is -2.47. The first kappa shape index (κ1) is 13.2. The molecule has 1 aliphatic rings. The number of hydrogen-bond acceptors (Lipinski definition) is 2. The highest BCUT2D eigenvalue weighted by Gasteiger charge is 2.15. The van der Waals surface area contributed by atoms with Gasteiger partial charge < -0.3 is 16.0 Å². The average Bonchev–Trinajstić information content (AvgIpc) is 2.35. The topological polar surface area (TPSA) is 53.2 Å². The number of anilines is 1. The molecule has 1 aromatic carbocycles. The number of urea groups is 1. The summed E-state index contributed by atoms with van der Waals surface area (Å²) in [4.78, 5) is 11.8. The van der Waals surface area contributed by atoms with Crippen LogP contribution in [0.25, 0.3) is 0 Å². The van der Waals surface area contributed by atoms with Crippen LogP contribution in [0.3, 0.4) is 0 Å². The van der Waals surface area contributed by atoms with Crippen LogP contribution in [0.2, 0.25) is 5.02 Å². The van der Waals surface area contributed by atoms with Gasteiger partial charge >= 0.3 is 6.03 Å². The van der Waals surface area contributed by atoms with Crippen molar-refractivity contribution in [3.8, 4) is 0 Å². The normalized spacial score (nSPS) is 19.3. The molecule has 2 amide bonds. The third-order valence-corrected chi connectivity index (χ3v) is 3.47. The van der Waals surface area contributed by atoms with Gasteiger partial charge in [-0.15, -0.1) is 0 Å². The molecule has 1 aromatic rings. The molecule has 0 spiro atoms. The standard InChI is InChI=1S/C13H18ClN3O/c1-9-4-5-10(7-12(9)14)16-13(18)17-11-3-2-6-15-8-11/h4-5,7,11,15H,2-3,6,8H2,1H3,(H2,16,17,18). The molecule has 3 N–H and O–H groups in total. The fourth-order valence-electron chi connectivity index (χ4n) is 2.00. The Morgan fingerprint density at radius 2 is 2.33 bits per heavy atom. The lowest BCUT2D eigenvalue weighted by molar-refractivity contribution is 0.245. The molecule has 5 heteroatoms. The number of carbonyl (C=O) groups is 1. The van der Waals surface area contributed by atoms with Crippen LogP contribution in [0.15, 0.2) is 18.2 Å². The first-order chi connectivity index (χ1) is 8.65. The van der Waals surface area contributed by atoms with Gasteiger partial charge in [-0.25, -0.2) is 4.79 Å².